The maximum absolute atomic E-state index is 13.6. The van der Waals surface area contributed by atoms with E-state index in [9.17, 15) is 13.6 Å². The highest BCUT2D eigenvalue weighted by Crippen LogP contribution is 2.22. The maximum atomic E-state index is 13.6. The quantitative estimate of drug-likeness (QED) is 0.812. The van der Waals surface area contributed by atoms with E-state index in [0.29, 0.717) is 0 Å². The molecule has 0 spiro atoms. The number of ether oxygens (including phenoxy) is 1. The Morgan fingerprint density at radius 2 is 1.91 bits per heavy atom. The molecule has 2 aromatic rings. The van der Waals surface area contributed by atoms with Crippen molar-refractivity contribution in [2.45, 2.75) is 6.61 Å². The first-order chi connectivity index (χ1) is 11.1. The van der Waals surface area contributed by atoms with Gasteiger partial charge in [-0.25, -0.2) is 13.6 Å². The van der Waals surface area contributed by atoms with E-state index in [1.165, 1.54) is 18.2 Å². The minimum absolute atomic E-state index is 0.135. The highest BCUT2D eigenvalue weighted by Gasteiger charge is 2.09. The number of rotatable bonds is 5. The van der Waals surface area contributed by atoms with Crippen molar-refractivity contribution in [1.29, 1.82) is 0 Å². The number of benzene rings is 2. The third-order valence-electron chi connectivity index (χ3n) is 2.94. The van der Waals surface area contributed by atoms with E-state index in [-0.39, 0.29) is 18.7 Å². The van der Waals surface area contributed by atoms with Gasteiger partial charge in [0, 0.05) is 12.1 Å². The van der Waals surface area contributed by atoms with Gasteiger partial charge in [0.15, 0.2) is 5.82 Å². The van der Waals surface area contributed by atoms with Crippen LogP contribution in [0.15, 0.2) is 48.5 Å². The van der Waals surface area contributed by atoms with Crippen LogP contribution in [0, 0.1) is 11.6 Å². The normalized spacial score (nSPS) is 10.7. The SMILES string of the molecule is O=C(NCC=Cc1ccc(F)c(Cl)c1F)OCc1ccccc1. The van der Waals surface area contributed by atoms with Crippen LogP contribution in [0.25, 0.3) is 6.08 Å². The molecule has 0 saturated heterocycles. The molecule has 0 unspecified atom stereocenters. The Morgan fingerprint density at radius 1 is 1.17 bits per heavy atom. The molecule has 0 aliphatic heterocycles. The molecule has 1 amide bonds. The number of alkyl carbamates (subject to hydrolysis) is 1. The Hall–Kier alpha value is -2.40. The topological polar surface area (TPSA) is 38.3 Å². The van der Waals surface area contributed by atoms with Gasteiger partial charge in [-0.3, -0.25) is 0 Å². The predicted octanol–water partition coefficient (Wildman–Crippen LogP) is 4.56. The smallest absolute Gasteiger partial charge is 0.407 e. The van der Waals surface area contributed by atoms with Crippen molar-refractivity contribution in [3.05, 3.63) is 76.3 Å². The number of carbonyl (C=O) groups is 1. The van der Waals surface area contributed by atoms with E-state index in [4.69, 9.17) is 16.3 Å². The molecule has 0 radical (unpaired) electrons. The number of halogens is 3. The molecule has 2 aromatic carbocycles. The van der Waals surface area contributed by atoms with Crippen LogP contribution in [0.1, 0.15) is 11.1 Å². The standard InChI is InChI=1S/C17H14ClF2NO2/c18-15-14(19)9-8-13(16(15)20)7-4-10-21-17(22)23-11-12-5-2-1-3-6-12/h1-9H,10-11H2,(H,21,22). The summed E-state index contributed by atoms with van der Waals surface area (Å²) in [6.07, 6.45) is 2.32. The summed E-state index contributed by atoms with van der Waals surface area (Å²) in [5.74, 6) is -1.65. The molecule has 3 nitrogen and oxygen atoms in total. The van der Waals surface area contributed by atoms with Crippen LogP contribution in [0.5, 0.6) is 0 Å². The van der Waals surface area contributed by atoms with E-state index in [1.54, 1.807) is 0 Å². The highest BCUT2D eigenvalue weighted by atomic mass is 35.5. The van der Waals surface area contributed by atoms with Gasteiger partial charge < -0.3 is 10.1 Å². The van der Waals surface area contributed by atoms with E-state index in [0.717, 1.165) is 11.6 Å². The van der Waals surface area contributed by atoms with Crippen molar-refractivity contribution < 1.29 is 18.3 Å². The van der Waals surface area contributed by atoms with Gasteiger partial charge in [-0.05, 0) is 17.7 Å². The van der Waals surface area contributed by atoms with Crippen LogP contribution in [0.4, 0.5) is 13.6 Å². The lowest BCUT2D eigenvalue weighted by molar-refractivity contribution is 0.141. The highest BCUT2D eigenvalue weighted by molar-refractivity contribution is 6.31. The molecule has 6 heteroatoms. The number of amides is 1. The summed E-state index contributed by atoms with van der Waals surface area (Å²) < 4.78 is 31.6. The lowest BCUT2D eigenvalue weighted by atomic mass is 10.2. The summed E-state index contributed by atoms with van der Waals surface area (Å²) in [5, 5.41) is 1.94. The molecule has 0 heterocycles. The second-order valence-corrected chi connectivity index (χ2v) is 4.99. The fourth-order valence-corrected chi connectivity index (χ4v) is 1.94. The van der Waals surface area contributed by atoms with Gasteiger partial charge in [0.05, 0.1) is 0 Å². The van der Waals surface area contributed by atoms with Crippen LogP contribution in [0.2, 0.25) is 5.02 Å². The zero-order valence-electron chi connectivity index (χ0n) is 12.1. The third kappa shape index (κ3) is 5.07. The van der Waals surface area contributed by atoms with Crippen LogP contribution < -0.4 is 5.32 Å². The molecular formula is C17H14ClF2NO2. The van der Waals surface area contributed by atoms with Crippen molar-refractivity contribution in [2.75, 3.05) is 6.54 Å². The van der Waals surface area contributed by atoms with Crippen LogP contribution >= 0.6 is 11.6 Å². The number of nitrogens with one attached hydrogen (secondary N) is 1. The van der Waals surface area contributed by atoms with E-state index >= 15 is 0 Å². The molecule has 0 fully saturated rings. The van der Waals surface area contributed by atoms with Crippen molar-refractivity contribution in [3.8, 4) is 0 Å². The molecule has 0 atom stereocenters. The molecule has 1 N–H and O–H groups in total. The monoisotopic (exact) mass is 337 g/mol. The molecular weight excluding hydrogens is 324 g/mol. The Bertz CT molecular complexity index is 705. The number of hydrogen-bond acceptors (Lipinski definition) is 2. The predicted molar refractivity (Wildman–Crippen MR) is 85.0 cm³/mol. The average Bonchev–Trinajstić information content (AvgIpc) is 2.57. The van der Waals surface area contributed by atoms with Gasteiger partial charge in [0.2, 0.25) is 0 Å². The Labute approximate surface area is 137 Å². The van der Waals surface area contributed by atoms with Gasteiger partial charge >= 0.3 is 6.09 Å². The van der Waals surface area contributed by atoms with Crippen LogP contribution in [-0.2, 0) is 11.3 Å². The first-order valence-electron chi connectivity index (χ1n) is 6.82. The van der Waals surface area contributed by atoms with Crippen molar-refractivity contribution in [3.63, 3.8) is 0 Å². The van der Waals surface area contributed by atoms with Gasteiger partial charge in [0.25, 0.3) is 0 Å². The number of carbonyl (C=O) groups excluding carboxylic acids is 1. The summed E-state index contributed by atoms with van der Waals surface area (Å²) in [6, 6.07) is 11.6. The Kier molecular flexibility index (Phi) is 6.11. The summed E-state index contributed by atoms with van der Waals surface area (Å²) in [7, 11) is 0. The second-order valence-electron chi connectivity index (χ2n) is 4.61. The van der Waals surface area contributed by atoms with Crippen LogP contribution in [-0.4, -0.2) is 12.6 Å². The summed E-state index contributed by atoms with van der Waals surface area (Å²) in [5.41, 5.74) is 1.01. The Morgan fingerprint density at radius 3 is 2.65 bits per heavy atom. The fourth-order valence-electron chi connectivity index (χ4n) is 1.77. The van der Waals surface area contributed by atoms with Gasteiger partial charge in [0.1, 0.15) is 17.4 Å². The van der Waals surface area contributed by atoms with Crippen molar-refractivity contribution in [1.82, 2.24) is 5.32 Å². The lowest BCUT2D eigenvalue weighted by Gasteiger charge is -2.05. The van der Waals surface area contributed by atoms with Crippen LogP contribution in [0.3, 0.4) is 0 Å². The van der Waals surface area contributed by atoms with Gasteiger partial charge in [-0.15, -0.1) is 0 Å². The fraction of sp³-hybridized carbons (Fsp3) is 0.118. The van der Waals surface area contributed by atoms with Gasteiger partial charge in [-0.2, -0.15) is 0 Å². The van der Waals surface area contributed by atoms with E-state index < -0.39 is 22.8 Å². The molecule has 0 aliphatic rings. The minimum Gasteiger partial charge on any atom is -0.445 e. The molecule has 2 rings (SSSR count). The minimum atomic E-state index is -0.838. The van der Waals surface area contributed by atoms with Crippen molar-refractivity contribution in [2.24, 2.45) is 0 Å². The zero-order valence-corrected chi connectivity index (χ0v) is 12.8. The number of hydrogen-bond donors (Lipinski definition) is 1. The first-order valence-corrected chi connectivity index (χ1v) is 7.20. The lowest BCUT2D eigenvalue weighted by Crippen LogP contribution is -2.24. The maximum Gasteiger partial charge on any atom is 0.407 e. The zero-order chi connectivity index (χ0) is 16.7. The molecule has 0 aliphatic carbocycles. The molecule has 120 valence electrons. The second kappa shape index (κ2) is 8.29. The van der Waals surface area contributed by atoms with Gasteiger partial charge in [-0.1, -0.05) is 54.1 Å². The summed E-state index contributed by atoms with van der Waals surface area (Å²) in [4.78, 5) is 11.5. The average molecular weight is 338 g/mol. The summed E-state index contributed by atoms with van der Waals surface area (Å²) >= 11 is 5.47. The largest absolute Gasteiger partial charge is 0.445 e. The Balaban J connectivity index is 1.78. The van der Waals surface area contributed by atoms with E-state index in [2.05, 4.69) is 5.32 Å². The first kappa shape index (κ1) is 17.0. The van der Waals surface area contributed by atoms with Crippen molar-refractivity contribution >= 4 is 23.8 Å². The molecule has 0 saturated carbocycles. The molecule has 0 bridgehead atoms. The summed E-state index contributed by atoms with van der Waals surface area (Å²) in [6.45, 7) is 0.306. The van der Waals surface area contributed by atoms with E-state index in [1.807, 2.05) is 30.3 Å². The third-order valence-corrected chi connectivity index (χ3v) is 3.29. The molecule has 23 heavy (non-hydrogen) atoms. The molecule has 0 aromatic heterocycles.